The van der Waals surface area contributed by atoms with Crippen molar-refractivity contribution in [3.05, 3.63) is 56.5 Å². The number of ether oxygens (including phenoxy) is 1. The van der Waals surface area contributed by atoms with Gasteiger partial charge in [0.2, 0.25) is 0 Å². The summed E-state index contributed by atoms with van der Waals surface area (Å²) in [5.74, 6) is -1.52. The fourth-order valence-electron chi connectivity index (χ4n) is 1.94. The molecule has 11 heteroatoms. The van der Waals surface area contributed by atoms with E-state index in [1.165, 1.54) is 0 Å². The topological polar surface area (TPSA) is 87.3 Å². The van der Waals surface area contributed by atoms with Gasteiger partial charge in [-0.05, 0) is 13.8 Å². The van der Waals surface area contributed by atoms with Gasteiger partial charge in [-0.3, -0.25) is 19.5 Å². The summed E-state index contributed by atoms with van der Waals surface area (Å²) in [5, 5.41) is 11.0. The van der Waals surface area contributed by atoms with Crippen LogP contribution in [0.5, 0.6) is 5.75 Å². The first-order valence-corrected chi connectivity index (χ1v) is 6.81. The number of hydrogen-bond acceptors (Lipinski definition) is 5. The number of nitro groups is 1. The van der Waals surface area contributed by atoms with E-state index in [9.17, 15) is 32.5 Å². The van der Waals surface area contributed by atoms with E-state index in [0.29, 0.717) is 17.0 Å². The van der Waals surface area contributed by atoms with E-state index in [-0.39, 0.29) is 11.8 Å². The largest absolute Gasteiger partial charge is 0.484 e. The fraction of sp³-hybridized carbons (Fsp3) is 0.286. The molecule has 1 aromatic heterocycles. The molecule has 0 saturated heterocycles. The molecular formula is C14H11F4N3O4. The Morgan fingerprint density at radius 1 is 1.28 bits per heavy atom. The van der Waals surface area contributed by atoms with Crippen LogP contribution in [-0.2, 0) is 6.18 Å². The lowest BCUT2D eigenvalue weighted by Gasteiger charge is -2.13. The number of hydrogen-bond donors (Lipinski definition) is 0. The Labute approximate surface area is 137 Å². The highest BCUT2D eigenvalue weighted by molar-refractivity contribution is 5.54. The highest BCUT2D eigenvalue weighted by Gasteiger charge is 2.33. The second-order valence-electron chi connectivity index (χ2n) is 5.18. The first kappa shape index (κ1) is 18.4. The van der Waals surface area contributed by atoms with Gasteiger partial charge in [0.25, 0.3) is 5.56 Å². The molecule has 1 aromatic carbocycles. The SMILES string of the molecule is CC(C)Oc1cc(-n2cnc(C(F)(F)F)cc2=O)c(F)cc1[N+](=O)[O-]. The van der Waals surface area contributed by atoms with Crippen LogP contribution in [0.2, 0.25) is 0 Å². The summed E-state index contributed by atoms with van der Waals surface area (Å²) >= 11 is 0. The van der Waals surface area contributed by atoms with E-state index in [2.05, 4.69) is 4.98 Å². The molecule has 0 amide bonds. The van der Waals surface area contributed by atoms with Gasteiger partial charge in [-0.2, -0.15) is 13.2 Å². The Kier molecular flexibility index (Phi) is 4.77. The van der Waals surface area contributed by atoms with Crippen LogP contribution in [-0.4, -0.2) is 20.6 Å². The van der Waals surface area contributed by atoms with E-state index in [1.54, 1.807) is 13.8 Å². The Morgan fingerprint density at radius 3 is 2.40 bits per heavy atom. The molecule has 2 aromatic rings. The smallest absolute Gasteiger partial charge is 0.433 e. The maximum atomic E-state index is 14.2. The highest BCUT2D eigenvalue weighted by Crippen LogP contribution is 2.32. The van der Waals surface area contributed by atoms with Gasteiger partial charge in [-0.25, -0.2) is 9.37 Å². The number of nitrogens with zero attached hydrogens (tertiary/aromatic N) is 3. The van der Waals surface area contributed by atoms with Gasteiger partial charge in [-0.1, -0.05) is 0 Å². The van der Waals surface area contributed by atoms with Crippen molar-refractivity contribution in [1.82, 2.24) is 9.55 Å². The average molecular weight is 361 g/mol. The molecule has 0 spiro atoms. The van der Waals surface area contributed by atoms with Crippen LogP contribution < -0.4 is 10.3 Å². The normalized spacial score (nSPS) is 11.6. The van der Waals surface area contributed by atoms with Crippen molar-refractivity contribution in [2.45, 2.75) is 26.1 Å². The third-order valence-electron chi connectivity index (χ3n) is 2.95. The van der Waals surface area contributed by atoms with Crippen LogP contribution in [0, 0.1) is 15.9 Å². The average Bonchev–Trinajstić information content (AvgIpc) is 2.47. The predicted octanol–water partition coefficient (Wildman–Crippen LogP) is 3.09. The van der Waals surface area contributed by atoms with Crippen molar-refractivity contribution >= 4 is 5.69 Å². The third-order valence-corrected chi connectivity index (χ3v) is 2.95. The minimum absolute atomic E-state index is 0.198. The zero-order valence-electron chi connectivity index (χ0n) is 12.9. The summed E-state index contributed by atoms with van der Waals surface area (Å²) in [6.45, 7) is 3.14. The van der Waals surface area contributed by atoms with Gasteiger partial charge in [0.15, 0.2) is 17.3 Å². The van der Waals surface area contributed by atoms with Crippen molar-refractivity contribution in [1.29, 1.82) is 0 Å². The minimum atomic E-state index is -4.84. The molecule has 0 unspecified atom stereocenters. The molecule has 1 heterocycles. The number of rotatable bonds is 4. The Morgan fingerprint density at radius 2 is 1.92 bits per heavy atom. The zero-order valence-corrected chi connectivity index (χ0v) is 12.9. The van der Waals surface area contributed by atoms with Crippen LogP contribution >= 0.6 is 0 Å². The van der Waals surface area contributed by atoms with Crippen LogP contribution in [0.15, 0.2) is 29.3 Å². The second kappa shape index (κ2) is 6.49. The summed E-state index contributed by atoms with van der Waals surface area (Å²) < 4.78 is 57.5. The summed E-state index contributed by atoms with van der Waals surface area (Å²) in [6.07, 6.45) is -4.84. The van der Waals surface area contributed by atoms with Gasteiger partial charge < -0.3 is 4.74 Å². The maximum Gasteiger partial charge on any atom is 0.433 e. The van der Waals surface area contributed by atoms with E-state index in [0.717, 1.165) is 6.07 Å². The Balaban J connectivity index is 2.63. The molecule has 0 bridgehead atoms. The van der Waals surface area contributed by atoms with E-state index in [4.69, 9.17) is 4.74 Å². The summed E-state index contributed by atoms with van der Waals surface area (Å²) in [5.41, 5.74) is -3.84. The lowest BCUT2D eigenvalue weighted by atomic mass is 10.2. The molecule has 0 fully saturated rings. The van der Waals surface area contributed by atoms with Gasteiger partial charge >= 0.3 is 11.9 Å². The van der Waals surface area contributed by atoms with Gasteiger partial charge in [0.1, 0.15) is 6.33 Å². The predicted molar refractivity (Wildman–Crippen MR) is 77.2 cm³/mol. The Bertz CT molecular complexity index is 877. The number of alkyl halides is 3. The number of benzene rings is 1. The molecule has 0 aliphatic heterocycles. The zero-order chi connectivity index (χ0) is 18.9. The first-order valence-electron chi connectivity index (χ1n) is 6.81. The van der Waals surface area contributed by atoms with Crippen molar-refractivity contribution in [3.8, 4) is 11.4 Å². The molecule has 0 radical (unpaired) electrons. The van der Waals surface area contributed by atoms with E-state index < -0.39 is 45.6 Å². The van der Waals surface area contributed by atoms with Crippen LogP contribution in [0.3, 0.4) is 0 Å². The van der Waals surface area contributed by atoms with Crippen molar-refractivity contribution in [2.75, 3.05) is 0 Å². The number of halogens is 4. The first-order chi connectivity index (χ1) is 11.5. The van der Waals surface area contributed by atoms with Gasteiger partial charge in [-0.15, -0.1) is 0 Å². The van der Waals surface area contributed by atoms with Gasteiger partial charge in [0.05, 0.1) is 22.8 Å². The second-order valence-corrected chi connectivity index (χ2v) is 5.18. The lowest BCUT2D eigenvalue weighted by Crippen LogP contribution is -2.23. The molecule has 0 N–H and O–H groups in total. The van der Waals surface area contributed by atoms with Crippen molar-refractivity contribution in [2.24, 2.45) is 0 Å². The van der Waals surface area contributed by atoms with Crippen LogP contribution in [0.25, 0.3) is 5.69 Å². The fourth-order valence-corrected chi connectivity index (χ4v) is 1.94. The van der Waals surface area contributed by atoms with Crippen molar-refractivity contribution < 1.29 is 27.2 Å². The molecule has 7 nitrogen and oxygen atoms in total. The molecule has 0 aliphatic rings. The minimum Gasteiger partial charge on any atom is -0.484 e. The number of nitro benzene ring substituents is 1. The lowest BCUT2D eigenvalue weighted by molar-refractivity contribution is -0.386. The monoisotopic (exact) mass is 361 g/mol. The van der Waals surface area contributed by atoms with Crippen LogP contribution in [0.4, 0.5) is 23.2 Å². The molecule has 2 rings (SSSR count). The molecule has 0 atom stereocenters. The van der Waals surface area contributed by atoms with E-state index in [1.807, 2.05) is 0 Å². The standard InChI is InChI=1S/C14H11F4N3O4/c1-7(2)25-11-4-9(8(15)3-10(11)21(23)24)20-6-19-12(5-13(20)22)14(16,17)18/h3-7H,1-2H3. The summed E-state index contributed by atoms with van der Waals surface area (Å²) in [7, 11) is 0. The van der Waals surface area contributed by atoms with E-state index >= 15 is 0 Å². The Hall–Kier alpha value is -2.98. The number of aromatic nitrogens is 2. The van der Waals surface area contributed by atoms with Crippen LogP contribution in [0.1, 0.15) is 19.5 Å². The summed E-state index contributed by atoms with van der Waals surface area (Å²) in [4.78, 5) is 25.0. The third kappa shape index (κ3) is 3.92. The molecule has 25 heavy (non-hydrogen) atoms. The quantitative estimate of drug-likeness (QED) is 0.474. The van der Waals surface area contributed by atoms with Crippen molar-refractivity contribution in [3.63, 3.8) is 0 Å². The molecule has 0 saturated carbocycles. The highest BCUT2D eigenvalue weighted by atomic mass is 19.4. The maximum absolute atomic E-state index is 14.2. The van der Waals surface area contributed by atoms with Gasteiger partial charge in [0, 0.05) is 12.1 Å². The summed E-state index contributed by atoms with van der Waals surface area (Å²) in [6, 6.07) is 1.59. The molecular weight excluding hydrogens is 350 g/mol. The molecule has 0 aliphatic carbocycles. The molecule has 134 valence electrons.